The lowest BCUT2D eigenvalue weighted by Gasteiger charge is -2.35. The SMILES string of the molecule is COc1cc(OC)cc([C@H](CC(F)(F)F)N2CCNCC2)c1.Cl. The lowest BCUT2D eigenvalue weighted by molar-refractivity contribution is -0.148. The Morgan fingerprint density at radius 1 is 1.09 bits per heavy atom. The molecule has 8 heteroatoms. The highest BCUT2D eigenvalue weighted by molar-refractivity contribution is 5.85. The van der Waals surface area contributed by atoms with E-state index in [2.05, 4.69) is 5.32 Å². The second-order valence-corrected chi connectivity index (χ2v) is 5.27. The Hall–Kier alpha value is -1.18. The van der Waals surface area contributed by atoms with Crippen LogP contribution in [0.25, 0.3) is 0 Å². The van der Waals surface area contributed by atoms with Crippen molar-refractivity contribution in [1.29, 1.82) is 0 Å². The van der Waals surface area contributed by atoms with Gasteiger partial charge in [-0.05, 0) is 17.7 Å². The maximum atomic E-state index is 13.0. The number of nitrogens with zero attached hydrogens (tertiary/aromatic N) is 1. The minimum Gasteiger partial charge on any atom is -0.497 e. The molecule has 132 valence electrons. The van der Waals surface area contributed by atoms with Crippen LogP contribution in [0.1, 0.15) is 18.0 Å². The first-order chi connectivity index (χ1) is 10.4. The van der Waals surface area contributed by atoms with Crippen molar-refractivity contribution in [2.24, 2.45) is 0 Å². The van der Waals surface area contributed by atoms with Crippen molar-refractivity contribution in [2.45, 2.75) is 18.6 Å². The third-order valence-electron chi connectivity index (χ3n) is 3.78. The molecule has 1 fully saturated rings. The normalized spacial score (nSPS) is 17.3. The van der Waals surface area contributed by atoms with Gasteiger partial charge in [0.1, 0.15) is 11.5 Å². The average Bonchev–Trinajstić information content (AvgIpc) is 2.52. The van der Waals surface area contributed by atoms with Gasteiger partial charge in [0.25, 0.3) is 0 Å². The molecule has 1 atom stereocenters. The van der Waals surface area contributed by atoms with E-state index in [1.807, 2.05) is 4.90 Å². The number of alkyl halides is 3. The quantitative estimate of drug-likeness (QED) is 0.881. The van der Waals surface area contributed by atoms with Gasteiger partial charge in [-0.1, -0.05) is 0 Å². The van der Waals surface area contributed by atoms with E-state index in [9.17, 15) is 13.2 Å². The fourth-order valence-corrected chi connectivity index (χ4v) is 2.69. The van der Waals surface area contributed by atoms with Crippen LogP contribution in [0.5, 0.6) is 11.5 Å². The minimum absolute atomic E-state index is 0. The summed E-state index contributed by atoms with van der Waals surface area (Å²) in [5, 5.41) is 3.16. The number of piperazine rings is 1. The lowest BCUT2D eigenvalue weighted by Crippen LogP contribution is -2.46. The Morgan fingerprint density at radius 3 is 2.04 bits per heavy atom. The van der Waals surface area contributed by atoms with Gasteiger partial charge in [0.05, 0.1) is 20.6 Å². The van der Waals surface area contributed by atoms with Crippen molar-refractivity contribution in [3.05, 3.63) is 23.8 Å². The molecule has 0 aromatic heterocycles. The Bertz CT molecular complexity index is 472. The van der Waals surface area contributed by atoms with Gasteiger partial charge in [0.15, 0.2) is 0 Å². The van der Waals surface area contributed by atoms with Crippen molar-refractivity contribution in [3.63, 3.8) is 0 Å². The van der Waals surface area contributed by atoms with Crippen LogP contribution in [0.15, 0.2) is 18.2 Å². The number of nitrogens with one attached hydrogen (secondary N) is 1. The Kier molecular flexibility index (Phi) is 7.44. The predicted molar refractivity (Wildman–Crippen MR) is 84.6 cm³/mol. The molecule has 0 unspecified atom stereocenters. The van der Waals surface area contributed by atoms with Crippen molar-refractivity contribution in [3.8, 4) is 11.5 Å². The molecular formula is C15H22ClF3N2O2. The van der Waals surface area contributed by atoms with E-state index in [4.69, 9.17) is 9.47 Å². The fraction of sp³-hybridized carbons (Fsp3) is 0.600. The zero-order chi connectivity index (χ0) is 16.2. The highest BCUT2D eigenvalue weighted by Gasteiger charge is 2.36. The fourth-order valence-electron chi connectivity index (χ4n) is 2.69. The second kappa shape index (κ2) is 8.61. The molecule has 0 bridgehead atoms. The molecule has 2 rings (SSSR count). The molecule has 1 saturated heterocycles. The maximum absolute atomic E-state index is 13.0. The van der Waals surface area contributed by atoms with Gasteiger partial charge < -0.3 is 14.8 Å². The third-order valence-corrected chi connectivity index (χ3v) is 3.78. The molecule has 1 N–H and O–H groups in total. The van der Waals surface area contributed by atoms with Crippen LogP contribution in [0.2, 0.25) is 0 Å². The molecule has 0 amide bonds. The lowest BCUT2D eigenvalue weighted by atomic mass is 10.00. The summed E-state index contributed by atoms with van der Waals surface area (Å²) in [6.45, 7) is 2.55. The first kappa shape index (κ1) is 19.9. The Labute approximate surface area is 140 Å². The topological polar surface area (TPSA) is 33.7 Å². The smallest absolute Gasteiger partial charge is 0.390 e. The van der Waals surface area contributed by atoms with Gasteiger partial charge in [-0.25, -0.2) is 0 Å². The van der Waals surface area contributed by atoms with E-state index < -0.39 is 18.6 Å². The summed E-state index contributed by atoms with van der Waals surface area (Å²) >= 11 is 0. The third kappa shape index (κ3) is 5.75. The molecule has 0 saturated carbocycles. The molecule has 0 radical (unpaired) electrons. The van der Waals surface area contributed by atoms with Gasteiger partial charge in [-0.3, -0.25) is 4.90 Å². The van der Waals surface area contributed by atoms with Gasteiger partial charge >= 0.3 is 6.18 Å². The number of hydrogen-bond donors (Lipinski definition) is 1. The van der Waals surface area contributed by atoms with Crippen LogP contribution in [-0.4, -0.2) is 51.5 Å². The first-order valence-electron chi connectivity index (χ1n) is 7.17. The molecule has 23 heavy (non-hydrogen) atoms. The van der Waals surface area contributed by atoms with Crippen molar-refractivity contribution in [1.82, 2.24) is 10.2 Å². The second-order valence-electron chi connectivity index (χ2n) is 5.27. The van der Waals surface area contributed by atoms with E-state index >= 15 is 0 Å². The highest BCUT2D eigenvalue weighted by Crippen LogP contribution is 2.37. The van der Waals surface area contributed by atoms with Crippen LogP contribution in [0.4, 0.5) is 13.2 Å². The maximum Gasteiger partial charge on any atom is 0.390 e. The molecule has 0 spiro atoms. The number of methoxy groups -OCH3 is 2. The van der Waals surface area contributed by atoms with Gasteiger partial charge in [0, 0.05) is 38.3 Å². The van der Waals surface area contributed by atoms with Crippen molar-refractivity contribution >= 4 is 12.4 Å². The molecule has 1 heterocycles. The van der Waals surface area contributed by atoms with Crippen LogP contribution >= 0.6 is 12.4 Å². The summed E-state index contributed by atoms with van der Waals surface area (Å²) < 4.78 is 49.4. The zero-order valence-electron chi connectivity index (χ0n) is 13.2. The summed E-state index contributed by atoms with van der Waals surface area (Å²) in [7, 11) is 2.98. The molecule has 1 aromatic rings. The standard InChI is InChI=1S/C15H21F3N2O2.ClH/c1-21-12-7-11(8-13(9-12)22-2)14(10-15(16,17)18)20-5-3-19-4-6-20;/h7-9,14,19H,3-6,10H2,1-2H3;1H/t14-;/m0./s1. The van der Waals surface area contributed by atoms with E-state index in [0.717, 1.165) is 0 Å². The van der Waals surface area contributed by atoms with Gasteiger partial charge in [-0.15, -0.1) is 12.4 Å². The zero-order valence-corrected chi connectivity index (χ0v) is 14.0. The van der Waals surface area contributed by atoms with Crippen molar-refractivity contribution < 1.29 is 22.6 Å². The first-order valence-corrected chi connectivity index (χ1v) is 7.17. The summed E-state index contributed by atoms with van der Waals surface area (Å²) in [6.07, 6.45) is -5.12. The molecule has 1 aliphatic heterocycles. The molecule has 0 aliphatic carbocycles. The van der Waals surface area contributed by atoms with Crippen LogP contribution in [-0.2, 0) is 0 Å². The minimum atomic E-state index is -4.23. The van der Waals surface area contributed by atoms with E-state index in [0.29, 0.717) is 43.2 Å². The van der Waals surface area contributed by atoms with E-state index in [1.165, 1.54) is 14.2 Å². The van der Waals surface area contributed by atoms with Crippen LogP contribution in [0.3, 0.4) is 0 Å². The van der Waals surface area contributed by atoms with Crippen molar-refractivity contribution in [2.75, 3.05) is 40.4 Å². The summed E-state index contributed by atoms with van der Waals surface area (Å²) in [5.41, 5.74) is 0.565. The highest BCUT2D eigenvalue weighted by atomic mass is 35.5. The Balaban J connectivity index is 0.00000264. The molecule has 4 nitrogen and oxygen atoms in total. The summed E-state index contributed by atoms with van der Waals surface area (Å²) in [5.74, 6) is 0.994. The average molecular weight is 355 g/mol. The van der Waals surface area contributed by atoms with Gasteiger partial charge in [-0.2, -0.15) is 13.2 Å². The Morgan fingerprint density at radius 2 is 1.61 bits per heavy atom. The monoisotopic (exact) mass is 354 g/mol. The number of rotatable bonds is 5. The molecule has 1 aliphatic rings. The van der Waals surface area contributed by atoms with Crippen LogP contribution < -0.4 is 14.8 Å². The number of ether oxygens (including phenoxy) is 2. The number of benzene rings is 1. The van der Waals surface area contributed by atoms with Gasteiger partial charge in [0.2, 0.25) is 0 Å². The molecule has 1 aromatic carbocycles. The number of halogens is 4. The summed E-state index contributed by atoms with van der Waals surface area (Å²) in [4.78, 5) is 1.86. The largest absolute Gasteiger partial charge is 0.497 e. The predicted octanol–water partition coefficient (Wildman–Crippen LogP) is 3.02. The van der Waals surface area contributed by atoms with E-state index in [1.54, 1.807) is 18.2 Å². The van der Waals surface area contributed by atoms with Crippen LogP contribution in [0, 0.1) is 0 Å². The molecular weight excluding hydrogens is 333 g/mol. The number of hydrogen-bond acceptors (Lipinski definition) is 4. The summed E-state index contributed by atoms with van der Waals surface area (Å²) in [6, 6.07) is 4.24. The van der Waals surface area contributed by atoms with E-state index in [-0.39, 0.29) is 12.4 Å².